The van der Waals surface area contributed by atoms with E-state index in [1.54, 1.807) is 19.2 Å². The first-order valence-electron chi connectivity index (χ1n) is 8.90. The molecule has 2 unspecified atom stereocenters. The van der Waals surface area contributed by atoms with Gasteiger partial charge in [-0.3, -0.25) is 4.79 Å². The fraction of sp³-hybridized carbons (Fsp3) is 0.400. The predicted octanol–water partition coefficient (Wildman–Crippen LogP) is 3.22. The van der Waals surface area contributed by atoms with E-state index < -0.39 is 0 Å². The van der Waals surface area contributed by atoms with Crippen LogP contribution in [0.5, 0.6) is 17.4 Å². The van der Waals surface area contributed by atoms with E-state index in [2.05, 4.69) is 10.3 Å². The Labute approximate surface area is 153 Å². The molecule has 1 aliphatic rings. The summed E-state index contributed by atoms with van der Waals surface area (Å²) in [5, 5.41) is 3.07. The van der Waals surface area contributed by atoms with Gasteiger partial charge in [0.05, 0.1) is 25.3 Å². The van der Waals surface area contributed by atoms with Gasteiger partial charge in [0, 0.05) is 12.3 Å². The molecule has 1 aliphatic carbocycles. The average Bonchev–Trinajstić information content (AvgIpc) is 3.10. The van der Waals surface area contributed by atoms with Crippen LogP contribution in [0.15, 0.2) is 42.6 Å². The van der Waals surface area contributed by atoms with Crippen molar-refractivity contribution in [3.05, 3.63) is 48.2 Å². The maximum atomic E-state index is 12.5. The molecule has 26 heavy (non-hydrogen) atoms. The van der Waals surface area contributed by atoms with E-state index in [9.17, 15) is 4.79 Å². The van der Waals surface area contributed by atoms with Crippen LogP contribution in [0.25, 0.3) is 0 Å². The second kappa shape index (κ2) is 8.56. The Morgan fingerprint density at radius 3 is 2.69 bits per heavy atom. The number of rotatable bonds is 7. The molecule has 1 N–H and O–H groups in total. The van der Waals surface area contributed by atoms with Crippen molar-refractivity contribution in [3.8, 4) is 17.4 Å². The Morgan fingerprint density at radius 2 is 2.00 bits per heavy atom. The van der Waals surface area contributed by atoms with E-state index in [0.29, 0.717) is 23.8 Å². The standard InChI is InChI=1S/C20H24N2O4/c1-3-25-17-8-4-5-9-18(17)26-16-10-6-7-15(16)22-20(23)14-11-12-19(24-2)21-13-14/h4-5,8-9,11-13,15-16H,3,6-7,10H2,1-2H3,(H,22,23). The highest BCUT2D eigenvalue weighted by Gasteiger charge is 2.31. The minimum atomic E-state index is -0.154. The van der Waals surface area contributed by atoms with E-state index in [1.807, 2.05) is 31.2 Å². The molecule has 2 aromatic rings. The van der Waals surface area contributed by atoms with E-state index in [-0.39, 0.29) is 18.1 Å². The van der Waals surface area contributed by atoms with Crippen LogP contribution in [0.4, 0.5) is 0 Å². The summed E-state index contributed by atoms with van der Waals surface area (Å²) in [6.45, 7) is 2.52. The molecule has 1 heterocycles. The van der Waals surface area contributed by atoms with Crippen molar-refractivity contribution in [3.63, 3.8) is 0 Å². The molecular formula is C20H24N2O4. The number of pyridine rings is 1. The molecule has 0 saturated heterocycles. The van der Waals surface area contributed by atoms with Crippen molar-refractivity contribution in [1.82, 2.24) is 10.3 Å². The zero-order valence-corrected chi connectivity index (χ0v) is 15.1. The molecule has 138 valence electrons. The zero-order chi connectivity index (χ0) is 18.4. The number of amides is 1. The fourth-order valence-corrected chi connectivity index (χ4v) is 3.10. The lowest BCUT2D eigenvalue weighted by Crippen LogP contribution is -2.42. The number of nitrogens with zero attached hydrogens (tertiary/aromatic N) is 1. The summed E-state index contributed by atoms with van der Waals surface area (Å²) in [6.07, 6.45) is 4.23. The van der Waals surface area contributed by atoms with Crippen LogP contribution < -0.4 is 19.5 Å². The number of hydrogen-bond donors (Lipinski definition) is 1. The smallest absolute Gasteiger partial charge is 0.253 e. The SMILES string of the molecule is CCOc1ccccc1OC1CCCC1NC(=O)c1ccc(OC)nc1. The number of aromatic nitrogens is 1. The second-order valence-electron chi connectivity index (χ2n) is 6.14. The Balaban J connectivity index is 1.65. The van der Waals surface area contributed by atoms with Gasteiger partial charge in [-0.1, -0.05) is 12.1 Å². The number of para-hydroxylation sites is 2. The maximum Gasteiger partial charge on any atom is 0.253 e. The van der Waals surface area contributed by atoms with Crippen molar-refractivity contribution in [2.24, 2.45) is 0 Å². The van der Waals surface area contributed by atoms with Crippen molar-refractivity contribution in [2.75, 3.05) is 13.7 Å². The first-order chi connectivity index (χ1) is 12.7. The number of carbonyl (C=O) groups excluding carboxylic acids is 1. The lowest BCUT2D eigenvalue weighted by Gasteiger charge is -2.23. The first kappa shape index (κ1) is 18.0. The molecule has 2 atom stereocenters. The van der Waals surface area contributed by atoms with Gasteiger partial charge >= 0.3 is 0 Å². The maximum absolute atomic E-state index is 12.5. The van der Waals surface area contributed by atoms with Gasteiger partial charge in [0.15, 0.2) is 11.5 Å². The van der Waals surface area contributed by atoms with Crippen molar-refractivity contribution in [2.45, 2.75) is 38.3 Å². The fourth-order valence-electron chi connectivity index (χ4n) is 3.10. The summed E-state index contributed by atoms with van der Waals surface area (Å²) < 4.78 is 16.8. The van der Waals surface area contributed by atoms with Crippen molar-refractivity contribution in [1.29, 1.82) is 0 Å². The van der Waals surface area contributed by atoms with Crippen LogP contribution in [0.2, 0.25) is 0 Å². The summed E-state index contributed by atoms with van der Waals surface area (Å²) in [6, 6.07) is 11.0. The molecule has 6 nitrogen and oxygen atoms in total. The van der Waals surface area contributed by atoms with Crippen LogP contribution in [0, 0.1) is 0 Å². The van der Waals surface area contributed by atoms with Gasteiger partial charge in [-0.2, -0.15) is 0 Å². The third-order valence-electron chi connectivity index (χ3n) is 4.40. The lowest BCUT2D eigenvalue weighted by molar-refractivity contribution is 0.0891. The van der Waals surface area contributed by atoms with Crippen LogP contribution in [0.1, 0.15) is 36.5 Å². The predicted molar refractivity (Wildman–Crippen MR) is 97.9 cm³/mol. The molecule has 6 heteroatoms. The summed E-state index contributed by atoms with van der Waals surface area (Å²) in [5.41, 5.74) is 0.506. The number of benzene rings is 1. The van der Waals surface area contributed by atoms with Gasteiger partial charge in [-0.25, -0.2) is 4.98 Å². The summed E-state index contributed by atoms with van der Waals surface area (Å²) in [5.74, 6) is 1.77. The van der Waals surface area contributed by atoms with Crippen molar-refractivity contribution >= 4 is 5.91 Å². The lowest BCUT2D eigenvalue weighted by atomic mass is 10.2. The molecular weight excluding hydrogens is 332 g/mol. The average molecular weight is 356 g/mol. The molecule has 1 amide bonds. The minimum Gasteiger partial charge on any atom is -0.490 e. The Kier molecular flexibility index (Phi) is 5.94. The van der Waals surface area contributed by atoms with Gasteiger partial charge in [-0.05, 0) is 44.4 Å². The Morgan fingerprint density at radius 1 is 1.19 bits per heavy atom. The highest BCUT2D eigenvalue weighted by molar-refractivity contribution is 5.94. The largest absolute Gasteiger partial charge is 0.490 e. The monoisotopic (exact) mass is 356 g/mol. The molecule has 0 radical (unpaired) electrons. The van der Waals surface area contributed by atoms with E-state index in [1.165, 1.54) is 6.20 Å². The summed E-state index contributed by atoms with van der Waals surface area (Å²) in [7, 11) is 1.54. The number of hydrogen-bond acceptors (Lipinski definition) is 5. The topological polar surface area (TPSA) is 69.7 Å². The van der Waals surface area contributed by atoms with Gasteiger partial charge in [0.1, 0.15) is 6.10 Å². The molecule has 0 aliphatic heterocycles. The highest BCUT2D eigenvalue weighted by Crippen LogP contribution is 2.31. The molecule has 0 spiro atoms. The van der Waals surface area contributed by atoms with Crippen LogP contribution in [0.3, 0.4) is 0 Å². The molecule has 0 bridgehead atoms. The molecule has 1 fully saturated rings. The van der Waals surface area contributed by atoms with E-state index in [0.717, 1.165) is 25.0 Å². The van der Waals surface area contributed by atoms with Crippen LogP contribution >= 0.6 is 0 Å². The van der Waals surface area contributed by atoms with E-state index in [4.69, 9.17) is 14.2 Å². The summed E-state index contributed by atoms with van der Waals surface area (Å²) >= 11 is 0. The molecule has 1 aromatic heterocycles. The van der Waals surface area contributed by atoms with Crippen molar-refractivity contribution < 1.29 is 19.0 Å². The third kappa shape index (κ3) is 4.25. The number of ether oxygens (including phenoxy) is 3. The summed E-state index contributed by atoms with van der Waals surface area (Å²) in [4.78, 5) is 16.6. The van der Waals surface area contributed by atoms with E-state index >= 15 is 0 Å². The third-order valence-corrected chi connectivity index (χ3v) is 4.40. The van der Waals surface area contributed by atoms with Gasteiger partial charge in [-0.15, -0.1) is 0 Å². The molecule has 1 saturated carbocycles. The minimum absolute atomic E-state index is 0.0423. The quantitative estimate of drug-likeness (QED) is 0.825. The second-order valence-corrected chi connectivity index (χ2v) is 6.14. The molecule has 3 rings (SSSR count). The Hall–Kier alpha value is -2.76. The van der Waals surface area contributed by atoms with Gasteiger partial charge in [0.2, 0.25) is 5.88 Å². The van der Waals surface area contributed by atoms with Gasteiger partial charge in [0.25, 0.3) is 5.91 Å². The van der Waals surface area contributed by atoms with Gasteiger partial charge < -0.3 is 19.5 Å². The molecule has 1 aromatic carbocycles. The van der Waals surface area contributed by atoms with Crippen LogP contribution in [-0.4, -0.2) is 36.8 Å². The van der Waals surface area contributed by atoms with Crippen LogP contribution in [-0.2, 0) is 0 Å². The normalized spacial score (nSPS) is 19.0. The number of nitrogens with one attached hydrogen (secondary N) is 1. The number of methoxy groups -OCH3 is 1. The number of carbonyl (C=O) groups is 1. The Bertz CT molecular complexity index is 733. The first-order valence-corrected chi connectivity index (χ1v) is 8.90. The highest BCUT2D eigenvalue weighted by atomic mass is 16.5. The zero-order valence-electron chi connectivity index (χ0n) is 15.1.